The highest BCUT2D eigenvalue weighted by Crippen LogP contribution is 2.38. The first-order chi connectivity index (χ1) is 8.54. The zero-order valence-corrected chi connectivity index (χ0v) is 11.2. The first-order valence-electron chi connectivity index (χ1n) is 7.08. The van der Waals surface area contributed by atoms with Gasteiger partial charge in [0.15, 0.2) is 0 Å². The fourth-order valence-corrected chi connectivity index (χ4v) is 3.32. The molecule has 1 saturated heterocycles. The van der Waals surface area contributed by atoms with Crippen molar-refractivity contribution in [2.45, 2.75) is 64.3 Å². The minimum atomic E-state index is -0.845. The highest BCUT2D eigenvalue weighted by molar-refractivity contribution is 5.87. The van der Waals surface area contributed by atoms with Gasteiger partial charge in [0.2, 0.25) is 5.91 Å². The molecular weight excluding hydrogens is 230 g/mol. The smallest absolute Gasteiger partial charge is 0.326 e. The van der Waals surface area contributed by atoms with Gasteiger partial charge in [0.1, 0.15) is 6.04 Å². The van der Waals surface area contributed by atoms with Crippen molar-refractivity contribution in [3.05, 3.63) is 0 Å². The number of carboxylic acid groups (broad SMARTS) is 1. The van der Waals surface area contributed by atoms with Crippen LogP contribution < -0.4 is 0 Å². The summed E-state index contributed by atoms with van der Waals surface area (Å²) in [4.78, 5) is 25.6. The summed E-state index contributed by atoms with van der Waals surface area (Å²) in [6.45, 7) is 2.63. The van der Waals surface area contributed by atoms with E-state index in [9.17, 15) is 14.7 Å². The Morgan fingerprint density at radius 3 is 2.39 bits per heavy atom. The minimum absolute atomic E-state index is 0.0781. The fourth-order valence-electron chi connectivity index (χ4n) is 3.32. The molecule has 0 aromatic heterocycles. The number of rotatable bonds is 2. The van der Waals surface area contributed by atoms with Gasteiger partial charge >= 0.3 is 5.97 Å². The quantitative estimate of drug-likeness (QED) is 0.822. The van der Waals surface area contributed by atoms with Crippen LogP contribution in [0.5, 0.6) is 0 Å². The SMILES string of the molecule is CC1(C(=O)N2CCCC[C@@H]2C(=O)O)CCCCC1. The van der Waals surface area contributed by atoms with Crippen LogP contribution in [-0.2, 0) is 9.59 Å². The lowest BCUT2D eigenvalue weighted by atomic mass is 9.74. The number of carbonyl (C=O) groups excluding carboxylic acids is 1. The van der Waals surface area contributed by atoms with Crippen LogP contribution in [0.1, 0.15) is 58.3 Å². The third-order valence-electron chi connectivity index (χ3n) is 4.52. The zero-order chi connectivity index (χ0) is 13.2. The second kappa shape index (κ2) is 5.29. The molecule has 102 valence electrons. The van der Waals surface area contributed by atoms with Crippen LogP contribution in [0.15, 0.2) is 0 Å². The molecule has 1 N–H and O–H groups in total. The molecule has 2 aliphatic rings. The first kappa shape index (κ1) is 13.4. The molecule has 4 nitrogen and oxygen atoms in total. The number of amides is 1. The van der Waals surface area contributed by atoms with Gasteiger partial charge in [-0.25, -0.2) is 4.79 Å². The van der Waals surface area contributed by atoms with E-state index in [0.29, 0.717) is 13.0 Å². The summed E-state index contributed by atoms with van der Waals surface area (Å²) in [6.07, 6.45) is 7.66. The Morgan fingerprint density at radius 2 is 1.78 bits per heavy atom. The van der Waals surface area contributed by atoms with Crippen molar-refractivity contribution in [1.29, 1.82) is 0 Å². The van der Waals surface area contributed by atoms with Crippen molar-refractivity contribution >= 4 is 11.9 Å². The van der Waals surface area contributed by atoms with E-state index in [2.05, 4.69) is 0 Å². The molecule has 2 fully saturated rings. The molecule has 0 radical (unpaired) electrons. The van der Waals surface area contributed by atoms with Gasteiger partial charge in [-0.15, -0.1) is 0 Å². The molecule has 0 unspecified atom stereocenters. The molecule has 2 rings (SSSR count). The Hall–Kier alpha value is -1.06. The van der Waals surface area contributed by atoms with Crippen LogP contribution in [0.2, 0.25) is 0 Å². The van der Waals surface area contributed by atoms with Crippen LogP contribution in [0.4, 0.5) is 0 Å². The lowest BCUT2D eigenvalue weighted by Crippen LogP contribution is -2.53. The van der Waals surface area contributed by atoms with Gasteiger partial charge in [-0.05, 0) is 32.1 Å². The van der Waals surface area contributed by atoms with Gasteiger partial charge in [-0.3, -0.25) is 4.79 Å². The summed E-state index contributed by atoms with van der Waals surface area (Å²) >= 11 is 0. The lowest BCUT2D eigenvalue weighted by Gasteiger charge is -2.41. The van der Waals surface area contributed by atoms with Gasteiger partial charge in [-0.2, -0.15) is 0 Å². The predicted octanol–water partition coefficient (Wildman–Crippen LogP) is 2.42. The van der Waals surface area contributed by atoms with E-state index >= 15 is 0 Å². The standard InChI is InChI=1S/C14H23NO3/c1-14(8-4-2-5-9-14)13(18)15-10-6-3-7-11(15)12(16)17/h11H,2-10H2,1H3,(H,16,17)/t11-/m1/s1. The molecule has 1 aliphatic carbocycles. The molecule has 0 aromatic rings. The average molecular weight is 253 g/mol. The number of hydrogen-bond donors (Lipinski definition) is 1. The van der Waals surface area contributed by atoms with Gasteiger partial charge in [0.25, 0.3) is 0 Å². The van der Waals surface area contributed by atoms with Gasteiger partial charge < -0.3 is 10.0 Å². The Bertz CT molecular complexity index is 334. The molecule has 18 heavy (non-hydrogen) atoms. The van der Waals surface area contributed by atoms with E-state index in [1.165, 1.54) is 6.42 Å². The summed E-state index contributed by atoms with van der Waals surface area (Å²) in [5, 5.41) is 9.25. The summed E-state index contributed by atoms with van der Waals surface area (Å²) in [5.41, 5.74) is -0.316. The number of likely N-dealkylation sites (tertiary alicyclic amines) is 1. The van der Waals surface area contributed by atoms with Crippen molar-refractivity contribution < 1.29 is 14.7 Å². The Labute approximate surface area is 108 Å². The normalized spacial score (nSPS) is 27.8. The van der Waals surface area contributed by atoms with E-state index in [4.69, 9.17) is 0 Å². The third-order valence-corrected chi connectivity index (χ3v) is 4.52. The third kappa shape index (κ3) is 2.52. The molecule has 4 heteroatoms. The lowest BCUT2D eigenvalue weighted by molar-refractivity contribution is -0.158. The van der Waals surface area contributed by atoms with Gasteiger partial charge in [-0.1, -0.05) is 26.2 Å². The maximum absolute atomic E-state index is 12.7. The Morgan fingerprint density at radius 1 is 1.11 bits per heavy atom. The topological polar surface area (TPSA) is 57.6 Å². The van der Waals surface area contributed by atoms with Crippen molar-refractivity contribution in [1.82, 2.24) is 4.90 Å². The van der Waals surface area contributed by atoms with Crippen LogP contribution in [0, 0.1) is 5.41 Å². The number of hydrogen-bond acceptors (Lipinski definition) is 2. The van der Waals surface area contributed by atoms with Crippen molar-refractivity contribution in [2.75, 3.05) is 6.54 Å². The average Bonchev–Trinajstić information content (AvgIpc) is 2.38. The number of aliphatic carboxylic acids is 1. The second-order valence-electron chi connectivity index (χ2n) is 5.97. The molecule has 0 aromatic carbocycles. The molecule has 1 atom stereocenters. The monoisotopic (exact) mass is 253 g/mol. The van der Waals surface area contributed by atoms with Gasteiger partial charge in [0.05, 0.1) is 0 Å². The maximum Gasteiger partial charge on any atom is 0.326 e. The van der Waals surface area contributed by atoms with E-state index in [1.54, 1.807) is 4.90 Å². The maximum atomic E-state index is 12.7. The summed E-state index contributed by atoms with van der Waals surface area (Å²) in [6, 6.07) is -0.593. The summed E-state index contributed by atoms with van der Waals surface area (Å²) in [5.74, 6) is -0.767. The zero-order valence-electron chi connectivity index (χ0n) is 11.2. The van der Waals surface area contributed by atoms with Crippen LogP contribution in [-0.4, -0.2) is 34.5 Å². The minimum Gasteiger partial charge on any atom is -0.480 e. The highest BCUT2D eigenvalue weighted by atomic mass is 16.4. The molecule has 1 aliphatic heterocycles. The largest absolute Gasteiger partial charge is 0.480 e. The summed E-state index contributed by atoms with van der Waals surface area (Å²) < 4.78 is 0. The van der Waals surface area contributed by atoms with E-state index in [0.717, 1.165) is 38.5 Å². The van der Waals surface area contributed by atoms with Crippen LogP contribution in [0.25, 0.3) is 0 Å². The van der Waals surface area contributed by atoms with Crippen molar-refractivity contribution in [3.63, 3.8) is 0 Å². The molecule has 0 spiro atoms. The molecule has 1 heterocycles. The Balaban J connectivity index is 2.12. The molecular formula is C14H23NO3. The molecule has 1 saturated carbocycles. The van der Waals surface area contributed by atoms with Gasteiger partial charge in [0, 0.05) is 12.0 Å². The Kier molecular flexibility index (Phi) is 3.93. The van der Waals surface area contributed by atoms with E-state index in [-0.39, 0.29) is 11.3 Å². The van der Waals surface area contributed by atoms with Crippen LogP contribution in [0.3, 0.4) is 0 Å². The number of nitrogens with zero attached hydrogens (tertiary/aromatic N) is 1. The predicted molar refractivity (Wildman–Crippen MR) is 68.2 cm³/mol. The van der Waals surface area contributed by atoms with Crippen molar-refractivity contribution in [2.24, 2.45) is 5.41 Å². The highest BCUT2D eigenvalue weighted by Gasteiger charge is 2.42. The van der Waals surface area contributed by atoms with E-state index in [1.807, 2.05) is 6.92 Å². The van der Waals surface area contributed by atoms with Crippen molar-refractivity contribution in [3.8, 4) is 0 Å². The van der Waals surface area contributed by atoms with E-state index < -0.39 is 12.0 Å². The fraction of sp³-hybridized carbons (Fsp3) is 0.857. The molecule has 0 bridgehead atoms. The van der Waals surface area contributed by atoms with Crippen LogP contribution >= 0.6 is 0 Å². The first-order valence-corrected chi connectivity index (χ1v) is 7.08. The summed E-state index contributed by atoms with van der Waals surface area (Å²) in [7, 11) is 0. The number of carbonyl (C=O) groups is 2. The molecule has 1 amide bonds. The number of piperidine rings is 1. The second-order valence-corrected chi connectivity index (χ2v) is 5.97. The number of carboxylic acids is 1.